The van der Waals surface area contributed by atoms with Crippen LogP contribution >= 0.6 is 0 Å². The van der Waals surface area contributed by atoms with Crippen LogP contribution in [0.2, 0.25) is 0 Å². The van der Waals surface area contributed by atoms with Gasteiger partial charge < -0.3 is 14.8 Å². The minimum atomic E-state index is -0.131. The molecule has 0 fully saturated rings. The highest BCUT2D eigenvalue weighted by atomic mass is 16.5. The fourth-order valence-corrected chi connectivity index (χ4v) is 1.56. The number of benzene rings is 1. The quantitative estimate of drug-likeness (QED) is 0.769. The van der Waals surface area contributed by atoms with Crippen molar-refractivity contribution in [2.24, 2.45) is 0 Å². The zero-order valence-corrected chi connectivity index (χ0v) is 11.7. The van der Waals surface area contributed by atoms with Crippen LogP contribution in [0.25, 0.3) is 0 Å². The minimum absolute atomic E-state index is 0.128. The first-order valence-electron chi connectivity index (χ1n) is 6.26. The number of amides is 1. The summed E-state index contributed by atoms with van der Waals surface area (Å²) in [4.78, 5) is 11.9. The van der Waals surface area contributed by atoms with Crippen molar-refractivity contribution in [2.45, 2.75) is 26.6 Å². The predicted octanol–water partition coefficient (Wildman–Crippen LogP) is 2.54. The lowest BCUT2D eigenvalue weighted by Gasteiger charge is -2.13. The molecule has 0 spiro atoms. The largest absolute Gasteiger partial charge is 0.496 e. The molecule has 0 atom stereocenters. The molecule has 104 valence electrons. The summed E-state index contributed by atoms with van der Waals surface area (Å²) in [5.41, 5.74) is 1.45. The van der Waals surface area contributed by atoms with E-state index in [2.05, 4.69) is 11.9 Å². The van der Waals surface area contributed by atoms with Crippen LogP contribution in [-0.2, 0) is 11.3 Å². The zero-order chi connectivity index (χ0) is 14.3. The molecule has 0 aliphatic carbocycles. The zero-order valence-electron chi connectivity index (χ0n) is 11.7. The fourth-order valence-electron chi connectivity index (χ4n) is 1.56. The Balaban J connectivity index is 2.87. The van der Waals surface area contributed by atoms with Crippen molar-refractivity contribution < 1.29 is 14.3 Å². The Kier molecular flexibility index (Phi) is 6.09. The number of carbonyl (C=O) groups excluding carboxylic acids is 1. The Labute approximate surface area is 114 Å². The Morgan fingerprint density at radius 2 is 2.21 bits per heavy atom. The van der Waals surface area contributed by atoms with E-state index in [4.69, 9.17) is 9.47 Å². The Bertz CT molecular complexity index is 441. The molecule has 0 unspecified atom stereocenters. The van der Waals surface area contributed by atoms with Gasteiger partial charge in [0.05, 0.1) is 19.8 Å². The van der Waals surface area contributed by atoms with Crippen LogP contribution in [0.4, 0.5) is 0 Å². The summed E-state index contributed by atoms with van der Waals surface area (Å²) in [7, 11) is 1.60. The second kappa shape index (κ2) is 7.59. The number of nitrogens with one attached hydrogen (secondary N) is 1. The van der Waals surface area contributed by atoms with Crippen molar-refractivity contribution in [3.05, 3.63) is 42.0 Å². The van der Waals surface area contributed by atoms with Crippen molar-refractivity contribution in [1.29, 1.82) is 0 Å². The van der Waals surface area contributed by atoms with Gasteiger partial charge in [-0.2, -0.15) is 0 Å². The molecular formula is C15H21NO3. The summed E-state index contributed by atoms with van der Waals surface area (Å²) in [6, 6.07) is 5.30. The highest BCUT2D eigenvalue weighted by Gasteiger charge is 2.10. The summed E-state index contributed by atoms with van der Waals surface area (Å²) in [6.45, 7) is 8.36. The molecule has 0 aliphatic heterocycles. The smallest absolute Gasteiger partial charge is 0.251 e. The van der Waals surface area contributed by atoms with Gasteiger partial charge in [0.2, 0.25) is 0 Å². The number of hydrogen-bond donors (Lipinski definition) is 1. The number of carbonyl (C=O) groups is 1. The Morgan fingerprint density at radius 3 is 2.79 bits per heavy atom. The van der Waals surface area contributed by atoms with Crippen LogP contribution < -0.4 is 10.1 Å². The van der Waals surface area contributed by atoms with E-state index in [1.807, 2.05) is 13.8 Å². The van der Waals surface area contributed by atoms with Gasteiger partial charge in [-0.1, -0.05) is 6.08 Å². The summed E-state index contributed by atoms with van der Waals surface area (Å²) in [6.07, 6.45) is 1.77. The maximum absolute atomic E-state index is 11.9. The molecule has 1 amide bonds. The standard InChI is InChI=1S/C15H21NO3/c1-5-8-16-15(17)12-6-7-14(18-4)13(9-12)10-19-11(2)3/h5-7,9,11H,1,8,10H2,2-4H3,(H,16,17). The monoisotopic (exact) mass is 263 g/mol. The van der Waals surface area contributed by atoms with Crippen LogP contribution in [-0.4, -0.2) is 25.7 Å². The van der Waals surface area contributed by atoms with E-state index in [0.717, 1.165) is 11.3 Å². The van der Waals surface area contributed by atoms with Crippen molar-refractivity contribution >= 4 is 5.91 Å². The lowest BCUT2D eigenvalue weighted by atomic mass is 10.1. The van der Waals surface area contributed by atoms with Crippen LogP contribution in [0.15, 0.2) is 30.9 Å². The fraction of sp³-hybridized carbons (Fsp3) is 0.400. The first-order chi connectivity index (χ1) is 9.08. The average Bonchev–Trinajstić information content (AvgIpc) is 2.42. The number of hydrogen-bond acceptors (Lipinski definition) is 3. The second-order valence-corrected chi connectivity index (χ2v) is 4.39. The molecular weight excluding hydrogens is 242 g/mol. The van der Waals surface area contributed by atoms with E-state index in [-0.39, 0.29) is 12.0 Å². The molecule has 0 heterocycles. The van der Waals surface area contributed by atoms with E-state index >= 15 is 0 Å². The average molecular weight is 263 g/mol. The molecule has 0 saturated carbocycles. The summed E-state index contributed by atoms with van der Waals surface area (Å²) < 4.78 is 10.8. The van der Waals surface area contributed by atoms with E-state index in [9.17, 15) is 4.79 Å². The molecule has 1 aromatic carbocycles. The molecule has 0 aliphatic rings. The third kappa shape index (κ3) is 4.75. The van der Waals surface area contributed by atoms with Gasteiger partial charge in [0.15, 0.2) is 0 Å². The van der Waals surface area contributed by atoms with Crippen LogP contribution in [0.3, 0.4) is 0 Å². The van der Waals surface area contributed by atoms with Crippen molar-refractivity contribution in [2.75, 3.05) is 13.7 Å². The van der Waals surface area contributed by atoms with E-state index in [1.54, 1.807) is 31.4 Å². The van der Waals surface area contributed by atoms with Crippen molar-refractivity contribution in [1.82, 2.24) is 5.32 Å². The molecule has 0 saturated heterocycles. The lowest BCUT2D eigenvalue weighted by Crippen LogP contribution is -2.23. The summed E-state index contributed by atoms with van der Waals surface area (Å²) in [5.74, 6) is 0.592. The predicted molar refractivity (Wildman–Crippen MR) is 75.4 cm³/mol. The highest BCUT2D eigenvalue weighted by Crippen LogP contribution is 2.21. The van der Waals surface area contributed by atoms with Crippen molar-refractivity contribution in [3.63, 3.8) is 0 Å². The van der Waals surface area contributed by atoms with Crippen molar-refractivity contribution in [3.8, 4) is 5.75 Å². The van der Waals surface area contributed by atoms with Gasteiger partial charge >= 0.3 is 0 Å². The molecule has 0 radical (unpaired) electrons. The maximum atomic E-state index is 11.9. The molecule has 1 rings (SSSR count). The van der Waals surface area contributed by atoms with Gasteiger partial charge in [0, 0.05) is 17.7 Å². The topological polar surface area (TPSA) is 47.6 Å². The van der Waals surface area contributed by atoms with Gasteiger partial charge in [0.25, 0.3) is 5.91 Å². The van der Waals surface area contributed by atoms with E-state index < -0.39 is 0 Å². The summed E-state index contributed by atoms with van der Waals surface area (Å²) in [5, 5.41) is 2.74. The molecule has 0 aromatic heterocycles. The maximum Gasteiger partial charge on any atom is 0.251 e. The first kappa shape index (κ1) is 15.2. The van der Waals surface area contributed by atoms with E-state index in [1.165, 1.54) is 0 Å². The molecule has 4 nitrogen and oxygen atoms in total. The Hall–Kier alpha value is -1.81. The highest BCUT2D eigenvalue weighted by molar-refractivity contribution is 5.94. The number of rotatable bonds is 7. The van der Waals surface area contributed by atoms with Gasteiger partial charge in [-0.3, -0.25) is 4.79 Å². The molecule has 4 heteroatoms. The third-order valence-electron chi connectivity index (χ3n) is 2.52. The molecule has 1 N–H and O–H groups in total. The normalized spacial score (nSPS) is 10.3. The van der Waals surface area contributed by atoms with Gasteiger partial charge in [-0.05, 0) is 32.0 Å². The SMILES string of the molecule is C=CCNC(=O)c1ccc(OC)c(COC(C)C)c1. The summed E-state index contributed by atoms with van der Waals surface area (Å²) >= 11 is 0. The molecule has 1 aromatic rings. The Morgan fingerprint density at radius 1 is 1.47 bits per heavy atom. The van der Waals surface area contributed by atoms with Crippen LogP contribution in [0, 0.1) is 0 Å². The van der Waals surface area contributed by atoms with Gasteiger partial charge in [0.1, 0.15) is 5.75 Å². The van der Waals surface area contributed by atoms with E-state index in [0.29, 0.717) is 18.7 Å². The molecule has 19 heavy (non-hydrogen) atoms. The lowest BCUT2D eigenvalue weighted by molar-refractivity contribution is 0.0644. The van der Waals surface area contributed by atoms with Gasteiger partial charge in [-0.25, -0.2) is 0 Å². The van der Waals surface area contributed by atoms with Crippen LogP contribution in [0.5, 0.6) is 5.75 Å². The second-order valence-electron chi connectivity index (χ2n) is 4.39. The first-order valence-corrected chi connectivity index (χ1v) is 6.26. The number of ether oxygens (including phenoxy) is 2. The number of methoxy groups -OCH3 is 1. The minimum Gasteiger partial charge on any atom is -0.496 e. The van der Waals surface area contributed by atoms with Crippen LogP contribution in [0.1, 0.15) is 29.8 Å². The third-order valence-corrected chi connectivity index (χ3v) is 2.52. The molecule has 0 bridgehead atoms. The van der Waals surface area contributed by atoms with Gasteiger partial charge in [-0.15, -0.1) is 6.58 Å².